The molecule has 7 heteroatoms. The fourth-order valence-corrected chi connectivity index (χ4v) is 5.83. The van der Waals surface area contributed by atoms with Crippen LogP contribution in [0.2, 0.25) is 0 Å². The number of hydrogen-bond donors (Lipinski definition) is 1. The maximum atomic E-state index is 12.9. The van der Waals surface area contributed by atoms with E-state index in [0.717, 1.165) is 23.3 Å². The van der Waals surface area contributed by atoms with Crippen molar-refractivity contribution in [3.05, 3.63) is 59.2 Å². The number of carbonyl (C=O) groups is 1. The monoisotopic (exact) mass is 428 g/mol. The molecule has 0 aliphatic carbocycles. The molecule has 2 aromatic carbocycles. The molecule has 2 aliphatic rings. The number of aryl methyl sites for hydroxylation is 1. The zero-order chi connectivity index (χ0) is 21.5. The van der Waals surface area contributed by atoms with Gasteiger partial charge >= 0.3 is 0 Å². The van der Waals surface area contributed by atoms with Crippen LogP contribution in [0.5, 0.6) is 5.75 Å². The van der Waals surface area contributed by atoms with E-state index in [1.54, 1.807) is 24.3 Å². The first kappa shape index (κ1) is 20.7. The molecule has 2 aliphatic heterocycles. The fourth-order valence-electron chi connectivity index (χ4n) is 4.19. The molecular formula is C23H28N2O4S. The van der Waals surface area contributed by atoms with Crippen LogP contribution in [0.3, 0.4) is 0 Å². The molecule has 2 aromatic rings. The summed E-state index contributed by atoms with van der Waals surface area (Å²) in [5.74, 6) is 0.799. The zero-order valence-electron chi connectivity index (χ0n) is 17.6. The highest BCUT2D eigenvalue weighted by atomic mass is 32.2. The smallest absolute Gasteiger partial charge is 0.251 e. The number of benzene rings is 2. The molecule has 1 saturated heterocycles. The van der Waals surface area contributed by atoms with Gasteiger partial charge in [0.2, 0.25) is 10.0 Å². The van der Waals surface area contributed by atoms with Crippen LogP contribution < -0.4 is 14.4 Å². The Balaban J connectivity index is 1.53. The Labute approximate surface area is 178 Å². The molecule has 2 heterocycles. The first-order valence-electron chi connectivity index (χ1n) is 10.4. The van der Waals surface area contributed by atoms with E-state index in [4.69, 9.17) is 4.74 Å². The van der Waals surface area contributed by atoms with Crippen LogP contribution in [-0.2, 0) is 10.0 Å². The Morgan fingerprint density at radius 2 is 1.87 bits per heavy atom. The number of carbonyl (C=O) groups excluding carboxylic acids is 1. The highest BCUT2D eigenvalue weighted by molar-refractivity contribution is 7.92. The van der Waals surface area contributed by atoms with E-state index in [-0.39, 0.29) is 23.3 Å². The lowest BCUT2D eigenvalue weighted by atomic mass is 9.89. The highest BCUT2D eigenvalue weighted by Gasteiger charge is 2.34. The summed E-state index contributed by atoms with van der Waals surface area (Å²) in [6, 6.07) is 12.7. The van der Waals surface area contributed by atoms with Crippen molar-refractivity contribution < 1.29 is 17.9 Å². The van der Waals surface area contributed by atoms with Gasteiger partial charge in [0, 0.05) is 24.1 Å². The number of anilines is 1. The number of nitrogens with one attached hydrogen (secondary N) is 1. The van der Waals surface area contributed by atoms with Crippen molar-refractivity contribution in [1.29, 1.82) is 0 Å². The van der Waals surface area contributed by atoms with E-state index in [1.807, 2.05) is 39.0 Å². The Morgan fingerprint density at radius 3 is 2.57 bits per heavy atom. The number of amides is 1. The molecule has 4 rings (SSSR count). The third-order valence-electron chi connectivity index (χ3n) is 5.70. The Bertz CT molecular complexity index is 1060. The standard InChI is InChI=1S/C23H28N2O4S/c1-16-6-11-19-20(15-23(2,3)29-21(19)14-16)24-22(26)17-7-9-18(10-8-17)25-12-4-5-13-30(25,27)28/h6-11,14,20H,4-5,12-13,15H2,1-3H3,(H,24,26)/t20-/m1/s1. The molecule has 0 spiro atoms. The molecule has 0 unspecified atom stereocenters. The lowest BCUT2D eigenvalue weighted by Gasteiger charge is -2.38. The van der Waals surface area contributed by atoms with E-state index in [0.29, 0.717) is 30.6 Å². The first-order chi connectivity index (χ1) is 14.1. The van der Waals surface area contributed by atoms with Crippen LogP contribution in [0.15, 0.2) is 42.5 Å². The number of rotatable bonds is 3. The maximum absolute atomic E-state index is 12.9. The van der Waals surface area contributed by atoms with Crippen molar-refractivity contribution in [2.24, 2.45) is 0 Å². The van der Waals surface area contributed by atoms with Gasteiger partial charge < -0.3 is 10.1 Å². The van der Waals surface area contributed by atoms with Crippen LogP contribution in [0.4, 0.5) is 5.69 Å². The Hall–Kier alpha value is -2.54. The minimum atomic E-state index is -3.26. The lowest BCUT2D eigenvalue weighted by molar-refractivity contribution is 0.0619. The van der Waals surface area contributed by atoms with Gasteiger partial charge in [0.25, 0.3) is 5.91 Å². The van der Waals surface area contributed by atoms with Crippen molar-refractivity contribution in [3.63, 3.8) is 0 Å². The number of hydrogen-bond acceptors (Lipinski definition) is 4. The third-order valence-corrected chi connectivity index (χ3v) is 7.57. The second kappa shape index (κ2) is 7.61. The molecule has 1 N–H and O–H groups in total. The van der Waals surface area contributed by atoms with E-state index in [1.165, 1.54) is 4.31 Å². The van der Waals surface area contributed by atoms with Crippen molar-refractivity contribution in [2.45, 2.75) is 51.7 Å². The van der Waals surface area contributed by atoms with Crippen LogP contribution in [0, 0.1) is 6.92 Å². The SMILES string of the molecule is Cc1ccc2c(c1)OC(C)(C)C[C@H]2NC(=O)c1ccc(N2CCCCS2(=O)=O)cc1. The van der Waals surface area contributed by atoms with Crippen LogP contribution in [0.1, 0.15) is 60.6 Å². The van der Waals surface area contributed by atoms with Gasteiger partial charge in [-0.05, 0) is 69.5 Å². The minimum Gasteiger partial charge on any atom is -0.487 e. The fraction of sp³-hybridized carbons (Fsp3) is 0.435. The second-order valence-corrected chi connectivity index (χ2v) is 10.8. The van der Waals surface area contributed by atoms with Crippen molar-refractivity contribution in [3.8, 4) is 5.75 Å². The van der Waals surface area contributed by atoms with Crippen LogP contribution in [0.25, 0.3) is 0 Å². The molecule has 1 fully saturated rings. The lowest BCUT2D eigenvalue weighted by Crippen LogP contribution is -2.41. The van der Waals surface area contributed by atoms with Crippen molar-refractivity contribution >= 4 is 21.6 Å². The largest absolute Gasteiger partial charge is 0.487 e. The molecule has 0 radical (unpaired) electrons. The third kappa shape index (κ3) is 4.17. The second-order valence-electron chi connectivity index (χ2n) is 8.78. The number of sulfonamides is 1. The summed E-state index contributed by atoms with van der Waals surface area (Å²) in [5.41, 5.74) is 2.82. The first-order valence-corrected chi connectivity index (χ1v) is 12.0. The van der Waals surface area contributed by atoms with Gasteiger partial charge in [0.05, 0.1) is 17.5 Å². The van der Waals surface area contributed by atoms with Crippen LogP contribution in [-0.4, -0.2) is 32.2 Å². The van der Waals surface area contributed by atoms with Gasteiger partial charge in [0.15, 0.2) is 0 Å². The summed E-state index contributed by atoms with van der Waals surface area (Å²) in [6.45, 7) is 6.54. The maximum Gasteiger partial charge on any atom is 0.251 e. The summed E-state index contributed by atoms with van der Waals surface area (Å²) >= 11 is 0. The van der Waals surface area contributed by atoms with E-state index < -0.39 is 10.0 Å². The average Bonchev–Trinajstić information content (AvgIpc) is 2.66. The highest BCUT2D eigenvalue weighted by Crippen LogP contribution is 2.40. The Kier molecular flexibility index (Phi) is 5.26. The quantitative estimate of drug-likeness (QED) is 0.803. The molecule has 0 saturated carbocycles. The predicted octanol–water partition coefficient (Wildman–Crippen LogP) is 3.96. The number of ether oxygens (including phenoxy) is 1. The van der Waals surface area contributed by atoms with Gasteiger partial charge in [-0.15, -0.1) is 0 Å². The van der Waals surface area contributed by atoms with Crippen LogP contribution >= 0.6 is 0 Å². The van der Waals surface area contributed by atoms with Gasteiger partial charge in [-0.25, -0.2) is 8.42 Å². The van der Waals surface area contributed by atoms with E-state index in [9.17, 15) is 13.2 Å². The summed E-state index contributed by atoms with van der Waals surface area (Å²) < 4.78 is 32.1. The van der Waals surface area contributed by atoms with Gasteiger partial charge in [-0.3, -0.25) is 9.10 Å². The minimum absolute atomic E-state index is 0.154. The molecule has 0 aromatic heterocycles. The summed E-state index contributed by atoms with van der Waals surface area (Å²) in [5, 5.41) is 3.13. The molecule has 1 amide bonds. The van der Waals surface area contributed by atoms with Gasteiger partial charge in [-0.1, -0.05) is 12.1 Å². The van der Waals surface area contributed by atoms with E-state index >= 15 is 0 Å². The number of nitrogens with zero attached hydrogens (tertiary/aromatic N) is 1. The molecule has 0 bridgehead atoms. The summed E-state index contributed by atoms with van der Waals surface area (Å²) in [4.78, 5) is 12.9. The van der Waals surface area contributed by atoms with Crippen molar-refractivity contribution in [1.82, 2.24) is 5.32 Å². The Morgan fingerprint density at radius 1 is 1.13 bits per heavy atom. The zero-order valence-corrected chi connectivity index (χ0v) is 18.5. The normalized spacial score (nSPS) is 22.0. The van der Waals surface area contributed by atoms with Crippen molar-refractivity contribution in [2.75, 3.05) is 16.6 Å². The molecule has 30 heavy (non-hydrogen) atoms. The predicted molar refractivity (Wildman–Crippen MR) is 118 cm³/mol. The van der Waals surface area contributed by atoms with E-state index in [2.05, 4.69) is 5.32 Å². The van der Waals surface area contributed by atoms with Gasteiger partial charge in [0.1, 0.15) is 11.4 Å². The molecule has 1 atom stereocenters. The topological polar surface area (TPSA) is 75.7 Å². The molecule has 6 nitrogen and oxygen atoms in total. The molecular weight excluding hydrogens is 400 g/mol. The summed E-state index contributed by atoms with van der Waals surface area (Å²) in [7, 11) is -3.26. The average molecular weight is 429 g/mol. The van der Waals surface area contributed by atoms with Gasteiger partial charge in [-0.2, -0.15) is 0 Å². The number of fused-ring (bicyclic) bond motifs is 1. The summed E-state index contributed by atoms with van der Waals surface area (Å²) in [6.07, 6.45) is 2.21. The molecule has 160 valence electrons.